The maximum Gasteiger partial charge on any atom is 0.416 e. The molecule has 1 saturated heterocycles. The van der Waals surface area contributed by atoms with Crippen molar-refractivity contribution in [1.82, 2.24) is 4.90 Å². The van der Waals surface area contributed by atoms with E-state index in [1.165, 1.54) is 6.07 Å². The van der Waals surface area contributed by atoms with Crippen LogP contribution in [0.25, 0.3) is 0 Å². The van der Waals surface area contributed by atoms with Gasteiger partial charge in [-0.2, -0.15) is 13.2 Å². The summed E-state index contributed by atoms with van der Waals surface area (Å²) in [4.78, 5) is 4.51. The minimum Gasteiger partial charge on any atom is -0.369 e. The van der Waals surface area contributed by atoms with Crippen LogP contribution in [0.1, 0.15) is 24.5 Å². The van der Waals surface area contributed by atoms with Crippen molar-refractivity contribution in [2.45, 2.75) is 26.1 Å². The summed E-state index contributed by atoms with van der Waals surface area (Å²) in [5.74, 6) is 0. The standard InChI is InChI=1S/C15H22F3N3/c1-2-5-20-6-8-21(9-7-20)14-4-3-13(15(16,17)18)10-12(14)11-19/h3-4,10H,2,5-9,11,19H2,1H3. The maximum absolute atomic E-state index is 12.8. The van der Waals surface area contributed by atoms with Crippen LogP contribution in [0.5, 0.6) is 0 Å². The first kappa shape index (κ1) is 16.1. The summed E-state index contributed by atoms with van der Waals surface area (Å²) in [6.07, 6.45) is -3.20. The molecule has 1 fully saturated rings. The molecule has 6 heteroatoms. The molecule has 1 aliphatic rings. The summed E-state index contributed by atoms with van der Waals surface area (Å²) < 4.78 is 38.3. The molecule has 0 aliphatic carbocycles. The second kappa shape index (κ2) is 6.66. The lowest BCUT2D eigenvalue weighted by Crippen LogP contribution is -2.46. The number of halogens is 3. The first-order valence-corrected chi connectivity index (χ1v) is 7.33. The third-order valence-electron chi connectivity index (χ3n) is 3.88. The zero-order valence-electron chi connectivity index (χ0n) is 12.3. The van der Waals surface area contributed by atoms with Crippen LogP contribution < -0.4 is 10.6 Å². The molecule has 3 nitrogen and oxygen atoms in total. The van der Waals surface area contributed by atoms with E-state index in [1.54, 1.807) is 6.07 Å². The number of nitrogens with two attached hydrogens (primary N) is 1. The second-order valence-corrected chi connectivity index (χ2v) is 5.37. The second-order valence-electron chi connectivity index (χ2n) is 5.37. The van der Waals surface area contributed by atoms with Crippen molar-refractivity contribution in [2.75, 3.05) is 37.6 Å². The highest BCUT2D eigenvalue weighted by Crippen LogP contribution is 2.33. The molecule has 1 aliphatic heterocycles. The molecule has 0 unspecified atom stereocenters. The van der Waals surface area contributed by atoms with Crippen LogP contribution in [-0.2, 0) is 12.7 Å². The van der Waals surface area contributed by atoms with Crippen LogP contribution in [0.4, 0.5) is 18.9 Å². The zero-order chi connectivity index (χ0) is 15.5. The number of benzene rings is 1. The monoisotopic (exact) mass is 301 g/mol. The Morgan fingerprint density at radius 2 is 1.81 bits per heavy atom. The van der Waals surface area contributed by atoms with E-state index in [0.717, 1.165) is 50.9 Å². The molecule has 0 aromatic heterocycles. The molecule has 0 radical (unpaired) electrons. The SMILES string of the molecule is CCCN1CCN(c2ccc(C(F)(F)F)cc2CN)CC1. The van der Waals surface area contributed by atoms with E-state index >= 15 is 0 Å². The highest BCUT2D eigenvalue weighted by atomic mass is 19.4. The Balaban J connectivity index is 2.14. The first-order chi connectivity index (χ1) is 9.95. The van der Waals surface area contributed by atoms with E-state index < -0.39 is 11.7 Å². The normalized spacial score (nSPS) is 17.3. The van der Waals surface area contributed by atoms with Gasteiger partial charge in [0.25, 0.3) is 0 Å². The smallest absolute Gasteiger partial charge is 0.369 e. The molecule has 0 bridgehead atoms. The third kappa shape index (κ3) is 3.89. The molecule has 1 aromatic carbocycles. The van der Waals surface area contributed by atoms with E-state index in [9.17, 15) is 13.2 Å². The fourth-order valence-electron chi connectivity index (χ4n) is 2.76. The Kier molecular flexibility index (Phi) is 5.11. The van der Waals surface area contributed by atoms with Gasteiger partial charge in [0.1, 0.15) is 0 Å². The van der Waals surface area contributed by atoms with Crippen LogP contribution >= 0.6 is 0 Å². The summed E-state index contributed by atoms with van der Waals surface area (Å²) in [6, 6.07) is 3.88. The van der Waals surface area contributed by atoms with Gasteiger partial charge in [-0.15, -0.1) is 0 Å². The molecule has 1 aromatic rings. The number of rotatable bonds is 4. The highest BCUT2D eigenvalue weighted by Gasteiger charge is 2.31. The Labute approximate surface area is 123 Å². The van der Waals surface area contributed by atoms with Crippen LogP contribution in [0.2, 0.25) is 0 Å². The molecular weight excluding hydrogens is 279 g/mol. The summed E-state index contributed by atoms with van der Waals surface area (Å²) in [5.41, 5.74) is 6.41. The predicted molar refractivity (Wildman–Crippen MR) is 78.3 cm³/mol. The Morgan fingerprint density at radius 1 is 1.14 bits per heavy atom. The zero-order valence-corrected chi connectivity index (χ0v) is 12.3. The van der Waals surface area contributed by atoms with E-state index in [4.69, 9.17) is 5.73 Å². The fourth-order valence-corrected chi connectivity index (χ4v) is 2.76. The number of alkyl halides is 3. The van der Waals surface area contributed by atoms with Gasteiger partial charge in [-0.25, -0.2) is 0 Å². The Morgan fingerprint density at radius 3 is 2.33 bits per heavy atom. The molecule has 0 atom stereocenters. The van der Waals surface area contributed by atoms with Gasteiger partial charge in [0.05, 0.1) is 5.56 Å². The molecule has 0 spiro atoms. The summed E-state index contributed by atoms with van der Waals surface area (Å²) in [7, 11) is 0. The fraction of sp³-hybridized carbons (Fsp3) is 0.600. The minimum absolute atomic E-state index is 0.119. The summed E-state index contributed by atoms with van der Waals surface area (Å²) in [6.45, 7) is 6.89. The molecule has 0 amide bonds. The van der Waals surface area contributed by atoms with Crippen molar-refractivity contribution in [3.63, 3.8) is 0 Å². The van der Waals surface area contributed by atoms with Gasteiger partial charge in [0, 0.05) is 38.4 Å². The van der Waals surface area contributed by atoms with E-state index in [0.29, 0.717) is 5.56 Å². The quantitative estimate of drug-likeness (QED) is 0.928. The predicted octanol–water partition coefficient (Wildman–Crippen LogP) is 2.70. The number of anilines is 1. The number of nitrogens with zero attached hydrogens (tertiary/aromatic N) is 2. The van der Waals surface area contributed by atoms with Crippen molar-refractivity contribution >= 4 is 5.69 Å². The van der Waals surface area contributed by atoms with Gasteiger partial charge < -0.3 is 10.6 Å². The largest absolute Gasteiger partial charge is 0.416 e. The Bertz CT molecular complexity index is 466. The van der Waals surface area contributed by atoms with Gasteiger partial charge in [-0.3, -0.25) is 4.90 Å². The van der Waals surface area contributed by atoms with E-state index in [2.05, 4.69) is 16.7 Å². The van der Waals surface area contributed by atoms with Crippen LogP contribution in [0.15, 0.2) is 18.2 Å². The lowest BCUT2D eigenvalue weighted by Gasteiger charge is -2.37. The van der Waals surface area contributed by atoms with Gasteiger partial charge >= 0.3 is 6.18 Å². The van der Waals surface area contributed by atoms with E-state index in [1.807, 2.05) is 0 Å². The average Bonchev–Trinajstić information content (AvgIpc) is 2.47. The van der Waals surface area contributed by atoms with Gasteiger partial charge in [-0.1, -0.05) is 6.92 Å². The molecule has 2 rings (SSSR count). The minimum atomic E-state index is -4.32. The van der Waals surface area contributed by atoms with Crippen molar-refractivity contribution in [2.24, 2.45) is 5.73 Å². The van der Waals surface area contributed by atoms with Crippen molar-refractivity contribution in [1.29, 1.82) is 0 Å². The van der Waals surface area contributed by atoms with Gasteiger partial charge in [0.15, 0.2) is 0 Å². The third-order valence-corrected chi connectivity index (χ3v) is 3.88. The lowest BCUT2D eigenvalue weighted by atomic mass is 10.1. The number of piperazine rings is 1. The maximum atomic E-state index is 12.8. The van der Waals surface area contributed by atoms with Crippen molar-refractivity contribution in [3.05, 3.63) is 29.3 Å². The summed E-state index contributed by atoms with van der Waals surface area (Å²) >= 11 is 0. The number of hydrogen-bond acceptors (Lipinski definition) is 3. The van der Waals surface area contributed by atoms with Crippen molar-refractivity contribution < 1.29 is 13.2 Å². The van der Waals surface area contributed by atoms with Gasteiger partial charge in [-0.05, 0) is 36.7 Å². The van der Waals surface area contributed by atoms with E-state index in [-0.39, 0.29) is 6.54 Å². The van der Waals surface area contributed by atoms with Crippen molar-refractivity contribution in [3.8, 4) is 0 Å². The molecule has 2 N–H and O–H groups in total. The van der Waals surface area contributed by atoms with Crippen LogP contribution in [-0.4, -0.2) is 37.6 Å². The first-order valence-electron chi connectivity index (χ1n) is 7.33. The van der Waals surface area contributed by atoms with Gasteiger partial charge in [0.2, 0.25) is 0 Å². The van der Waals surface area contributed by atoms with Crippen LogP contribution in [0, 0.1) is 0 Å². The summed E-state index contributed by atoms with van der Waals surface area (Å²) in [5, 5.41) is 0. The molecular formula is C15H22F3N3. The number of hydrogen-bond donors (Lipinski definition) is 1. The molecule has 0 saturated carbocycles. The van der Waals surface area contributed by atoms with Crippen LogP contribution in [0.3, 0.4) is 0 Å². The highest BCUT2D eigenvalue weighted by molar-refractivity contribution is 5.55. The molecule has 118 valence electrons. The Hall–Kier alpha value is -1.27. The lowest BCUT2D eigenvalue weighted by molar-refractivity contribution is -0.137. The average molecular weight is 301 g/mol. The molecule has 21 heavy (non-hydrogen) atoms. The molecule has 1 heterocycles. The topological polar surface area (TPSA) is 32.5 Å².